The molecule has 31 heavy (non-hydrogen) atoms. The number of rotatable bonds is 16. The van der Waals surface area contributed by atoms with E-state index in [1.165, 1.54) is 5.56 Å². The Kier molecular flexibility index (Phi) is 15.7. The molecule has 0 saturated carbocycles. The van der Waals surface area contributed by atoms with Crippen LogP contribution < -0.4 is 5.32 Å². The highest BCUT2D eigenvalue weighted by Crippen LogP contribution is 2.09. The third-order valence-corrected chi connectivity index (χ3v) is 3.81. The van der Waals surface area contributed by atoms with Crippen molar-refractivity contribution in [3.63, 3.8) is 0 Å². The van der Waals surface area contributed by atoms with Crippen LogP contribution in [0.15, 0.2) is 30.5 Å². The van der Waals surface area contributed by atoms with E-state index in [9.17, 15) is 0 Å². The molecule has 10 nitrogen and oxygen atoms in total. The minimum Gasteiger partial charge on any atom is -0.545 e. The maximum Gasteiger partial charge on any atom is 0.377 e. The number of nitrogens with one attached hydrogen (secondary N) is 1. The number of carbonyl (C=O) groups is 1. The number of hydrogen-bond donors (Lipinski definition) is 1. The van der Waals surface area contributed by atoms with E-state index in [-0.39, 0.29) is 6.47 Å². The molecule has 0 aliphatic rings. The Balaban J connectivity index is 0.00000110. The van der Waals surface area contributed by atoms with Crippen molar-refractivity contribution in [2.75, 3.05) is 58.7 Å². The van der Waals surface area contributed by atoms with Crippen molar-refractivity contribution in [1.82, 2.24) is 15.0 Å². The standard InChI is InChI=1S/C19H30N4O4.CHBO2/c1-17-3-5-18(6-4-17)20-15-19-16-23(22-21-19)7-8-25-11-12-27-14-13-26-10-9-24-2;2-4-1-3/h3-6,16,20H,7-15H2,1-2H3;1H. The maximum absolute atomic E-state index is 8.83. The van der Waals surface area contributed by atoms with Gasteiger partial charge in [-0.1, -0.05) is 22.9 Å². The average molecular weight is 434 g/mol. The van der Waals surface area contributed by atoms with E-state index < -0.39 is 0 Å². The van der Waals surface area contributed by atoms with Gasteiger partial charge in [0.15, 0.2) is 0 Å². The second-order valence-corrected chi connectivity index (χ2v) is 6.25. The van der Waals surface area contributed by atoms with Gasteiger partial charge in [0.1, 0.15) is 5.69 Å². The summed E-state index contributed by atoms with van der Waals surface area (Å²) < 4.78 is 26.3. The van der Waals surface area contributed by atoms with Crippen LogP contribution in [0.4, 0.5) is 5.69 Å². The van der Waals surface area contributed by atoms with Gasteiger partial charge >= 0.3 is 8.05 Å². The lowest BCUT2D eigenvalue weighted by atomic mass is 10.2. The molecule has 2 radical (unpaired) electrons. The third kappa shape index (κ3) is 14.2. The van der Waals surface area contributed by atoms with E-state index in [0.29, 0.717) is 59.3 Å². The zero-order valence-electron chi connectivity index (χ0n) is 18.2. The molecule has 0 unspecified atom stereocenters. The molecule has 11 heteroatoms. The van der Waals surface area contributed by atoms with Crippen molar-refractivity contribution in [3.8, 4) is 0 Å². The molecular formula is C20H31BN4O6. The minimum atomic E-state index is 0.153. The fourth-order valence-electron chi connectivity index (χ4n) is 2.24. The average Bonchev–Trinajstić information content (AvgIpc) is 3.25. The first-order chi connectivity index (χ1) is 15.2. The quantitative estimate of drug-likeness (QED) is 0.237. The Morgan fingerprint density at radius 2 is 1.58 bits per heavy atom. The van der Waals surface area contributed by atoms with E-state index >= 15 is 0 Å². The van der Waals surface area contributed by atoms with Gasteiger partial charge in [0.25, 0.3) is 6.47 Å². The predicted molar refractivity (Wildman–Crippen MR) is 116 cm³/mol. The predicted octanol–water partition coefficient (Wildman–Crippen LogP) is 1.14. The van der Waals surface area contributed by atoms with Crippen molar-refractivity contribution in [2.24, 2.45) is 0 Å². The molecule has 0 amide bonds. The Hall–Kier alpha value is -2.47. The monoisotopic (exact) mass is 434 g/mol. The summed E-state index contributed by atoms with van der Waals surface area (Å²) in [7, 11) is 5.81. The summed E-state index contributed by atoms with van der Waals surface area (Å²) in [5, 5.41) is 11.6. The van der Waals surface area contributed by atoms with Crippen LogP contribution in [0.1, 0.15) is 11.3 Å². The molecule has 0 aliphatic carbocycles. The van der Waals surface area contributed by atoms with Gasteiger partial charge in [0, 0.05) is 12.8 Å². The maximum atomic E-state index is 8.83. The molecule has 0 bridgehead atoms. The first-order valence-electron chi connectivity index (χ1n) is 9.90. The van der Waals surface area contributed by atoms with Crippen molar-refractivity contribution < 1.29 is 28.4 Å². The minimum absolute atomic E-state index is 0.153. The van der Waals surface area contributed by atoms with Crippen LogP contribution in [0, 0.1) is 6.92 Å². The van der Waals surface area contributed by atoms with E-state index in [1.54, 1.807) is 11.8 Å². The summed E-state index contributed by atoms with van der Waals surface area (Å²) in [6.07, 6.45) is 1.93. The highest BCUT2D eigenvalue weighted by Gasteiger charge is 2.01. The molecule has 1 aromatic heterocycles. The van der Waals surface area contributed by atoms with Crippen LogP contribution in [0.3, 0.4) is 0 Å². The molecule has 0 atom stereocenters. The molecule has 2 rings (SSSR count). The van der Waals surface area contributed by atoms with Gasteiger partial charge in [0.2, 0.25) is 0 Å². The smallest absolute Gasteiger partial charge is 0.377 e. The number of aryl methyl sites for hydroxylation is 1. The van der Waals surface area contributed by atoms with Gasteiger partial charge in [-0.05, 0) is 19.1 Å². The van der Waals surface area contributed by atoms with Crippen molar-refractivity contribution in [1.29, 1.82) is 0 Å². The van der Waals surface area contributed by atoms with Gasteiger partial charge in [0.05, 0.1) is 65.5 Å². The Bertz CT molecular complexity index is 687. The van der Waals surface area contributed by atoms with Crippen LogP contribution in [-0.2, 0) is 41.5 Å². The summed E-state index contributed by atoms with van der Waals surface area (Å²) in [6.45, 7) is 7.54. The number of carbonyl (C=O) groups excluding carboxylic acids is 1. The first kappa shape index (κ1) is 26.6. The Labute approximate surface area is 184 Å². The van der Waals surface area contributed by atoms with Gasteiger partial charge < -0.3 is 28.9 Å². The lowest BCUT2D eigenvalue weighted by molar-refractivity contribution is -0.120. The Morgan fingerprint density at radius 1 is 1.00 bits per heavy atom. The molecule has 0 spiro atoms. The van der Waals surface area contributed by atoms with Gasteiger partial charge in [-0.15, -0.1) is 5.10 Å². The fraction of sp³-hybridized carbons (Fsp3) is 0.550. The largest absolute Gasteiger partial charge is 0.545 e. The normalized spacial score (nSPS) is 10.3. The van der Waals surface area contributed by atoms with Crippen molar-refractivity contribution in [3.05, 3.63) is 41.7 Å². The third-order valence-electron chi connectivity index (χ3n) is 3.81. The summed E-state index contributed by atoms with van der Waals surface area (Å²) in [5.41, 5.74) is 3.21. The molecule has 1 aromatic carbocycles. The lowest BCUT2D eigenvalue weighted by Gasteiger charge is -2.06. The molecule has 0 saturated heterocycles. The number of nitrogens with zero attached hydrogens (tertiary/aromatic N) is 3. The van der Waals surface area contributed by atoms with Crippen LogP contribution in [0.2, 0.25) is 0 Å². The summed E-state index contributed by atoms with van der Waals surface area (Å²) in [5.74, 6) is 0. The van der Waals surface area contributed by atoms with Crippen LogP contribution >= 0.6 is 0 Å². The molecule has 0 fully saturated rings. The molecule has 170 valence electrons. The van der Waals surface area contributed by atoms with E-state index in [4.69, 9.17) is 23.7 Å². The fourth-order valence-corrected chi connectivity index (χ4v) is 2.24. The SMILES string of the molecule is COCCOCCOCCOCCn1cc(CNc2ccc(C)cc2)nn1.[B]OC=O. The lowest BCUT2D eigenvalue weighted by Crippen LogP contribution is -2.13. The van der Waals surface area contributed by atoms with E-state index in [1.807, 2.05) is 6.20 Å². The molecular weight excluding hydrogens is 403 g/mol. The highest BCUT2D eigenvalue weighted by atomic mass is 16.6. The van der Waals surface area contributed by atoms with Crippen molar-refractivity contribution in [2.45, 2.75) is 20.0 Å². The number of benzene rings is 1. The first-order valence-corrected chi connectivity index (χ1v) is 9.90. The number of hydrogen-bond acceptors (Lipinski definition) is 9. The Morgan fingerprint density at radius 3 is 2.16 bits per heavy atom. The molecule has 1 heterocycles. The van der Waals surface area contributed by atoms with Gasteiger partial charge in [-0.2, -0.15) is 0 Å². The van der Waals surface area contributed by atoms with E-state index in [2.05, 4.69) is 59.5 Å². The summed E-state index contributed by atoms with van der Waals surface area (Å²) in [6, 6.07) is 8.27. The number of ether oxygens (including phenoxy) is 4. The topological polar surface area (TPSA) is 106 Å². The second-order valence-electron chi connectivity index (χ2n) is 6.25. The van der Waals surface area contributed by atoms with Crippen LogP contribution in [0.5, 0.6) is 0 Å². The second kappa shape index (κ2) is 18.3. The molecule has 1 N–H and O–H groups in total. The van der Waals surface area contributed by atoms with E-state index in [0.717, 1.165) is 11.4 Å². The summed E-state index contributed by atoms with van der Waals surface area (Å²) >= 11 is 0. The van der Waals surface area contributed by atoms with Gasteiger partial charge in [-0.25, -0.2) is 4.68 Å². The zero-order valence-corrected chi connectivity index (χ0v) is 18.2. The number of aromatic nitrogens is 3. The highest BCUT2D eigenvalue weighted by molar-refractivity contribution is 6.01. The van der Waals surface area contributed by atoms with Crippen LogP contribution in [-0.4, -0.2) is 82.9 Å². The number of methoxy groups -OCH3 is 1. The molecule has 2 aromatic rings. The van der Waals surface area contributed by atoms with Gasteiger partial charge in [-0.3, -0.25) is 4.79 Å². The zero-order chi connectivity index (χ0) is 22.6. The number of anilines is 1. The molecule has 0 aliphatic heterocycles. The van der Waals surface area contributed by atoms with Crippen molar-refractivity contribution >= 4 is 20.2 Å². The van der Waals surface area contributed by atoms with Crippen LogP contribution in [0.25, 0.3) is 0 Å². The summed E-state index contributed by atoms with van der Waals surface area (Å²) in [4.78, 5) is 8.83.